The van der Waals surface area contributed by atoms with Crippen LogP contribution in [0.15, 0.2) is 36.5 Å². The third-order valence-corrected chi connectivity index (χ3v) is 3.08. The molecule has 0 atom stereocenters. The second kappa shape index (κ2) is 6.50. The molecule has 1 aromatic carbocycles. The van der Waals surface area contributed by atoms with Crippen molar-refractivity contribution in [1.29, 1.82) is 5.26 Å². The molecule has 0 aliphatic rings. The van der Waals surface area contributed by atoms with Crippen molar-refractivity contribution >= 4 is 11.3 Å². The molecule has 3 aromatic rings. The first-order valence-corrected chi connectivity index (χ1v) is 6.67. The van der Waals surface area contributed by atoms with Crippen molar-refractivity contribution in [2.24, 2.45) is 0 Å². The first-order valence-electron chi connectivity index (χ1n) is 6.67. The lowest BCUT2D eigenvalue weighted by Crippen LogP contribution is -1.95. The molecule has 0 radical (unpaired) electrons. The van der Waals surface area contributed by atoms with E-state index in [9.17, 15) is 5.26 Å². The Balaban J connectivity index is 1.91. The fourth-order valence-electron chi connectivity index (χ4n) is 1.99. The van der Waals surface area contributed by atoms with Gasteiger partial charge in [0.25, 0.3) is 0 Å². The predicted octanol–water partition coefficient (Wildman–Crippen LogP) is 1.06. The van der Waals surface area contributed by atoms with Gasteiger partial charge in [-0.05, 0) is 17.3 Å². The van der Waals surface area contributed by atoms with Crippen molar-refractivity contribution in [3.05, 3.63) is 48.1 Å². The van der Waals surface area contributed by atoms with E-state index in [0.717, 1.165) is 11.3 Å². The van der Waals surface area contributed by atoms with Gasteiger partial charge in [0.05, 0.1) is 18.0 Å². The van der Waals surface area contributed by atoms with Crippen LogP contribution in [0, 0.1) is 11.3 Å². The monoisotopic (exact) mass is 308 g/mol. The molecule has 3 rings (SSSR count). The molecule has 4 N–H and O–H groups in total. The summed E-state index contributed by atoms with van der Waals surface area (Å²) in [5.41, 5.74) is 3.12. The van der Waals surface area contributed by atoms with Gasteiger partial charge in [0.1, 0.15) is 11.6 Å². The number of allylic oxidation sites excluding steroid dienone is 1. The molecular weight excluding hydrogens is 296 g/mol. The summed E-state index contributed by atoms with van der Waals surface area (Å²) in [5.74, 6) is 0.208. The first-order chi connectivity index (χ1) is 11.3. The average Bonchev–Trinajstić information content (AvgIpc) is 3.27. The number of H-pyrrole nitrogens is 2. The number of tetrazole rings is 1. The topological polar surface area (TPSA) is 139 Å². The highest BCUT2D eigenvalue weighted by Gasteiger charge is 2.09. The van der Waals surface area contributed by atoms with Crippen molar-refractivity contribution in [1.82, 2.24) is 30.8 Å². The van der Waals surface area contributed by atoms with Crippen LogP contribution >= 0.6 is 0 Å². The minimum atomic E-state index is -0.112. The molecule has 114 valence electrons. The minimum absolute atomic E-state index is 0.112. The zero-order chi connectivity index (χ0) is 16.1. The number of nitrogens with zero attached hydrogens (tertiary/aromatic N) is 5. The van der Waals surface area contributed by atoms with Gasteiger partial charge in [-0.2, -0.15) is 15.6 Å². The number of rotatable bonds is 5. The molecule has 9 heteroatoms. The number of aliphatic hydroxyl groups is 1. The van der Waals surface area contributed by atoms with E-state index in [2.05, 4.69) is 36.1 Å². The fourth-order valence-corrected chi connectivity index (χ4v) is 1.99. The number of aliphatic hydroxyl groups excluding tert-OH is 1. The SMILES string of the molecule is N#CC(=CNc1ccccc1-c1cc(CO)[nH]n1)c1nn[nH]n1. The lowest BCUT2D eigenvalue weighted by atomic mass is 10.1. The van der Waals surface area contributed by atoms with Gasteiger partial charge in [-0.25, -0.2) is 0 Å². The van der Waals surface area contributed by atoms with Crippen molar-refractivity contribution in [3.8, 4) is 17.3 Å². The number of nitrogens with one attached hydrogen (secondary N) is 3. The van der Waals surface area contributed by atoms with E-state index in [-0.39, 0.29) is 18.0 Å². The zero-order valence-electron chi connectivity index (χ0n) is 11.9. The largest absolute Gasteiger partial charge is 0.390 e. The number of para-hydroxylation sites is 1. The van der Waals surface area contributed by atoms with Crippen LogP contribution in [0.1, 0.15) is 11.5 Å². The number of hydrogen-bond donors (Lipinski definition) is 4. The van der Waals surface area contributed by atoms with E-state index in [4.69, 9.17) is 5.11 Å². The molecule has 0 saturated heterocycles. The normalized spacial score (nSPS) is 11.2. The molecule has 0 fully saturated rings. The second-order valence-corrected chi connectivity index (χ2v) is 4.53. The van der Waals surface area contributed by atoms with Crippen molar-refractivity contribution in [2.45, 2.75) is 6.61 Å². The Morgan fingerprint density at radius 2 is 2.22 bits per heavy atom. The third-order valence-electron chi connectivity index (χ3n) is 3.08. The molecule has 2 heterocycles. The summed E-state index contributed by atoms with van der Waals surface area (Å²) < 4.78 is 0. The predicted molar refractivity (Wildman–Crippen MR) is 81.3 cm³/mol. The lowest BCUT2D eigenvalue weighted by Gasteiger charge is -2.07. The Morgan fingerprint density at radius 1 is 1.35 bits per heavy atom. The van der Waals surface area contributed by atoms with Crippen molar-refractivity contribution in [2.75, 3.05) is 5.32 Å². The summed E-state index contributed by atoms with van der Waals surface area (Å²) in [7, 11) is 0. The Bertz CT molecular complexity index is 859. The van der Waals surface area contributed by atoms with E-state index in [1.54, 1.807) is 6.07 Å². The Labute approximate surface area is 130 Å². The maximum atomic E-state index is 9.17. The molecule has 0 spiro atoms. The van der Waals surface area contributed by atoms with E-state index in [0.29, 0.717) is 11.4 Å². The number of hydrogen-bond acceptors (Lipinski definition) is 7. The lowest BCUT2D eigenvalue weighted by molar-refractivity contribution is 0.276. The average molecular weight is 308 g/mol. The van der Waals surface area contributed by atoms with E-state index in [1.165, 1.54) is 6.20 Å². The standard InChI is InChI=1S/C14H12N8O/c15-6-9(14-19-21-22-20-14)7-16-12-4-2-1-3-11(12)13-5-10(8-23)17-18-13/h1-5,7,16,23H,8H2,(H,17,18)(H,19,20,21,22). The van der Waals surface area contributed by atoms with Crippen molar-refractivity contribution in [3.63, 3.8) is 0 Å². The second-order valence-electron chi connectivity index (χ2n) is 4.53. The Hall–Kier alpha value is -3.51. The molecule has 23 heavy (non-hydrogen) atoms. The van der Waals surface area contributed by atoms with E-state index < -0.39 is 0 Å². The number of benzene rings is 1. The highest BCUT2D eigenvalue weighted by Crippen LogP contribution is 2.27. The molecule has 0 unspecified atom stereocenters. The molecule has 0 saturated carbocycles. The van der Waals surface area contributed by atoms with Crippen LogP contribution in [0.2, 0.25) is 0 Å². The van der Waals surface area contributed by atoms with Gasteiger partial charge in [0, 0.05) is 17.5 Å². The zero-order valence-corrected chi connectivity index (χ0v) is 11.9. The molecule has 0 amide bonds. The molecule has 9 nitrogen and oxygen atoms in total. The van der Waals surface area contributed by atoms with Crippen LogP contribution in [0.5, 0.6) is 0 Å². The molecule has 2 aromatic heterocycles. The maximum absolute atomic E-state index is 9.17. The van der Waals surface area contributed by atoms with Gasteiger partial charge in [-0.3, -0.25) is 5.10 Å². The summed E-state index contributed by atoms with van der Waals surface area (Å²) in [5, 5.41) is 41.5. The highest BCUT2D eigenvalue weighted by molar-refractivity contribution is 5.79. The van der Waals surface area contributed by atoms with Crippen LogP contribution in [-0.2, 0) is 6.61 Å². The Morgan fingerprint density at radius 3 is 2.91 bits per heavy atom. The highest BCUT2D eigenvalue weighted by atomic mass is 16.3. The molecular formula is C14H12N8O. The number of aromatic nitrogens is 6. The summed E-state index contributed by atoms with van der Waals surface area (Å²) >= 11 is 0. The summed E-state index contributed by atoms with van der Waals surface area (Å²) in [6.07, 6.45) is 1.50. The first kappa shape index (κ1) is 14.4. The van der Waals surface area contributed by atoms with Gasteiger partial charge < -0.3 is 10.4 Å². The smallest absolute Gasteiger partial charge is 0.216 e. The summed E-state index contributed by atoms with van der Waals surface area (Å²) in [6, 6.07) is 11.2. The van der Waals surface area contributed by atoms with Gasteiger partial charge in [-0.1, -0.05) is 18.2 Å². The van der Waals surface area contributed by atoms with Crippen LogP contribution in [-0.4, -0.2) is 35.9 Å². The molecule has 0 aliphatic heterocycles. The van der Waals surface area contributed by atoms with Gasteiger partial charge >= 0.3 is 0 Å². The summed E-state index contributed by atoms with van der Waals surface area (Å²) in [6.45, 7) is -0.112. The number of anilines is 1. The quantitative estimate of drug-likeness (QED) is 0.517. The van der Waals surface area contributed by atoms with Crippen LogP contribution < -0.4 is 5.32 Å². The van der Waals surface area contributed by atoms with E-state index >= 15 is 0 Å². The number of aromatic amines is 2. The van der Waals surface area contributed by atoms with Gasteiger partial charge in [-0.15, -0.1) is 10.2 Å². The van der Waals surface area contributed by atoms with Crippen molar-refractivity contribution < 1.29 is 5.11 Å². The van der Waals surface area contributed by atoms with Crippen LogP contribution in [0.25, 0.3) is 16.8 Å². The third kappa shape index (κ3) is 3.07. The fraction of sp³-hybridized carbons (Fsp3) is 0.0714. The minimum Gasteiger partial charge on any atom is -0.390 e. The van der Waals surface area contributed by atoms with Gasteiger partial charge in [0.15, 0.2) is 0 Å². The van der Waals surface area contributed by atoms with E-state index in [1.807, 2.05) is 30.3 Å². The van der Waals surface area contributed by atoms with Gasteiger partial charge in [0.2, 0.25) is 5.82 Å². The molecule has 0 aliphatic carbocycles. The maximum Gasteiger partial charge on any atom is 0.216 e. The number of nitriles is 1. The van der Waals surface area contributed by atoms with Crippen LogP contribution in [0.3, 0.4) is 0 Å². The molecule has 0 bridgehead atoms. The Kier molecular flexibility index (Phi) is 4.08. The summed E-state index contributed by atoms with van der Waals surface area (Å²) in [4.78, 5) is 0. The van der Waals surface area contributed by atoms with Crippen LogP contribution in [0.4, 0.5) is 5.69 Å².